The maximum absolute atomic E-state index is 12.2. The van der Waals surface area contributed by atoms with E-state index in [1.807, 2.05) is 6.92 Å². The molecular formula is C15H24N4O2. The molecule has 0 bridgehead atoms. The summed E-state index contributed by atoms with van der Waals surface area (Å²) in [5.41, 5.74) is 0.462. The first-order valence-corrected chi connectivity index (χ1v) is 7.45. The summed E-state index contributed by atoms with van der Waals surface area (Å²) in [5, 5.41) is 12.0. The van der Waals surface area contributed by atoms with Crippen LogP contribution in [0.1, 0.15) is 49.2 Å². The maximum atomic E-state index is 12.2. The van der Waals surface area contributed by atoms with Crippen molar-refractivity contribution < 1.29 is 9.90 Å². The van der Waals surface area contributed by atoms with E-state index in [1.165, 1.54) is 6.42 Å². The number of rotatable bonds is 4. The Morgan fingerprint density at radius 1 is 1.38 bits per heavy atom. The van der Waals surface area contributed by atoms with Gasteiger partial charge in [-0.25, -0.2) is 9.97 Å². The largest absolute Gasteiger partial charge is 0.394 e. The predicted molar refractivity (Wildman–Crippen MR) is 81.5 cm³/mol. The van der Waals surface area contributed by atoms with Crippen LogP contribution >= 0.6 is 0 Å². The van der Waals surface area contributed by atoms with Crippen LogP contribution in [0.5, 0.6) is 0 Å². The summed E-state index contributed by atoms with van der Waals surface area (Å²) < 4.78 is 0. The standard InChI is InChI=1S/C15H24N4O2/c1-11-12(13(21)18-15(2,3)10-20)9-16-14(17-11)19-7-5-4-6-8-19/h9,20H,4-8,10H2,1-3H3,(H,18,21). The lowest BCUT2D eigenvalue weighted by Gasteiger charge is -2.27. The molecule has 0 radical (unpaired) electrons. The summed E-state index contributed by atoms with van der Waals surface area (Å²) >= 11 is 0. The van der Waals surface area contributed by atoms with Crippen LogP contribution in [0.25, 0.3) is 0 Å². The summed E-state index contributed by atoms with van der Waals surface area (Å²) in [5.74, 6) is 0.446. The number of anilines is 1. The van der Waals surface area contributed by atoms with E-state index < -0.39 is 5.54 Å². The van der Waals surface area contributed by atoms with Crippen molar-refractivity contribution in [2.24, 2.45) is 0 Å². The second kappa shape index (κ2) is 6.39. The van der Waals surface area contributed by atoms with Gasteiger partial charge in [0.2, 0.25) is 5.95 Å². The molecular weight excluding hydrogens is 268 g/mol. The molecule has 0 unspecified atom stereocenters. The molecule has 6 nitrogen and oxygen atoms in total. The molecule has 1 amide bonds. The normalized spacial score (nSPS) is 15.9. The van der Waals surface area contributed by atoms with E-state index in [2.05, 4.69) is 20.2 Å². The van der Waals surface area contributed by atoms with Crippen molar-refractivity contribution in [1.82, 2.24) is 15.3 Å². The molecule has 0 aromatic carbocycles. The number of amides is 1. The Labute approximate surface area is 125 Å². The monoisotopic (exact) mass is 292 g/mol. The molecule has 21 heavy (non-hydrogen) atoms. The number of nitrogens with one attached hydrogen (secondary N) is 1. The summed E-state index contributed by atoms with van der Waals surface area (Å²) in [4.78, 5) is 23.2. The maximum Gasteiger partial charge on any atom is 0.255 e. The Balaban J connectivity index is 2.13. The van der Waals surface area contributed by atoms with Gasteiger partial charge < -0.3 is 15.3 Å². The summed E-state index contributed by atoms with van der Waals surface area (Å²) in [6, 6.07) is 0. The lowest BCUT2D eigenvalue weighted by Crippen LogP contribution is -2.46. The molecule has 1 aromatic rings. The zero-order valence-electron chi connectivity index (χ0n) is 13.0. The third kappa shape index (κ3) is 3.91. The van der Waals surface area contributed by atoms with Crippen LogP contribution in [0.2, 0.25) is 0 Å². The number of aromatic nitrogens is 2. The SMILES string of the molecule is Cc1nc(N2CCCCC2)ncc1C(=O)NC(C)(C)CO. The number of carbonyl (C=O) groups is 1. The Morgan fingerprint density at radius 3 is 2.62 bits per heavy atom. The summed E-state index contributed by atoms with van der Waals surface area (Å²) in [6.45, 7) is 7.18. The van der Waals surface area contributed by atoms with E-state index >= 15 is 0 Å². The average molecular weight is 292 g/mol. The topological polar surface area (TPSA) is 78.4 Å². The lowest BCUT2D eigenvalue weighted by molar-refractivity contribution is 0.0868. The number of nitrogens with zero attached hydrogens (tertiary/aromatic N) is 3. The Bertz CT molecular complexity index is 510. The van der Waals surface area contributed by atoms with E-state index in [0.717, 1.165) is 25.9 Å². The fourth-order valence-corrected chi connectivity index (χ4v) is 2.34. The molecule has 0 spiro atoms. The fourth-order valence-electron chi connectivity index (χ4n) is 2.34. The number of aryl methyl sites for hydroxylation is 1. The Hall–Kier alpha value is -1.69. The van der Waals surface area contributed by atoms with Gasteiger partial charge in [0.1, 0.15) is 0 Å². The zero-order valence-corrected chi connectivity index (χ0v) is 13.0. The molecule has 1 saturated heterocycles. The first-order valence-electron chi connectivity index (χ1n) is 7.45. The molecule has 0 aliphatic carbocycles. The van der Waals surface area contributed by atoms with Crippen LogP contribution in [0, 0.1) is 6.92 Å². The highest BCUT2D eigenvalue weighted by Crippen LogP contribution is 2.17. The molecule has 6 heteroatoms. The quantitative estimate of drug-likeness (QED) is 0.874. The molecule has 0 saturated carbocycles. The lowest BCUT2D eigenvalue weighted by atomic mass is 10.1. The van der Waals surface area contributed by atoms with E-state index in [9.17, 15) is 9.90 Å². The minimum atomic E-state index is -0.658. The van der Waals surface area contributed by atoms with Gasteiger partial charge in [-0.15, -0.1) is 0 Å². The third-order valence-electron chi connectivity index (χ3n) is 3.70. The molecule has 2 heterocycles. The first-order chi connectivity index (χ1) is 9.93. The summed E-state index contributed by atoms with van der Waals surface area (Å²) in [7, 11) is 0. The van der Waals surface area contributed by atoms with Gasteiger partial charge in [0.25, 0.3) is 5.91 Å². The number of aliphatic hydroxyl groups is 1. The highest BCUT2D eigenvalue weighted by atomic mass is 16.3. The van der Waals surface area contributed by atoms with Crippen molar-refractivity contribution in [3.05, 3.63) is 17.5 Å². The molecule has 1 aromatic heterocycles. The molecule has 116 valence electrons. The minimum Gasteiger partial charge on any atom is -0.394 e. The second-order valence-electron chi connectivity index (χ2n) is 6.21. The van der Waals surface area contributed by atoms with Gasteiger partial charge in [-0.2, -0.15) is 0 Å². The summed E-state index contributed by atoms with van der Waals surface area (Å²) in [6.07, 6.45) is 5.16. The highest BCUT2D eigenvalue weighted by Gasteiger charge is 2.22. The smallest absolute Gasteiger partial charge is 0.255 e. The van der Waals surface area contributed by atoms with Crippen molar-refractivity contribution in [2.45, 2.75) is 45.6 Å². The van der Waals surface area contributed by atoms with Gasteiger partial charge >= 0.3 is 0 Å². The molecule has 1 fully saturated rings. The van der Waals surface area contributed by atoms with Crippen LogP contribution in [0.3, 0.4) is 0 Å². The van der Waals surface area contributed by atoms with Crippen LogP contribution in [0.15, 0.2) is 6.20 Å². The molecule has 0 atom stereocenters. The molecule has 2 rings (SSSR count). The van der Waals surface area contributed by atoms with Gasteiger partial charge in [0.15, 0.2) is 0 Å². The number of hydrogen-bond acceptors (Lipinski definition) is 5. The van der Waals surface area contributed by atoms with Gasteiger partial charge in [0.05, 0.1) is 23.4 Å². The van der Waals surface area contributed by atoms with E-state index in [0.29, 0.717) is 17.2 Å². The average Bonchev–Trinajstić information content (AvgIpc) is 2.47. The molecule has 2 N–H and O–H groups in total. The van der Waals surface area contributed by atoms with Crippen LogP contribution in [-0.4, -0.2) is 46.2 Å². The van der Waals surface area contributed by atoms with Gasteiger partial charge in [-0.05, 0) is 40.0 Å². The van der Waals surface area contributed by atoms with E-state index in [4.69, 9.17) is 0 Å². The van der Waals surface area contributed by atoms with Crippen LogP contribution < -0.4 is 10.2 Å². The van der Waals surface area contributed by atoms with E-state index in [1.54, 1.807) is 20.0 Å². The van der Waals surface area contributed by atoms with Gasteiger partial charge in [-0.3, -0.25) is 4.79 Å². The number of piperidine rings is 1. The fraction of sp³-hybridized carbons (Fsp3) is 0.667. The Kier molecular flexibility index (Phi) is 4.77. The van der Waals surface area contributed by atoms with Crippen molar-refractivity contribution in [3.63, 3.8) is 0 Å². The number of carbonyl (C=O) groups excluding carboxylic acids is 1. The van der Waals surface area contributed by atoms with Gasteiger partial charge in [-0.1, -0.05) is 0 Å². The molecule has 1 aliphatic heterocycles. The van der Waals surface area contributed by atoms with Crippen molar-refractivity contribution in [2.75, 3.05) is 24.6 Å². The second-order valence-corrected chi connectivity index (χ2v) is 6.21. The van der Waals surface area contributed by atoms with Crippen molar-refractivity contribution in [3.8, 4) is 0 Å². The van der Waals surface area contributed by atoms with Crippen molar-refractivity contribution >= 4 is 11.9 Å². The number of hydrogen-bond donors (Lipinski definition) is 2. The first kappa shape index (κ1) is 15.7. The minimum absolute atomic E-state index is 0.121. The highest BCUT2D eigenvalue weighted by molar-refractivity contribution is 5.95. The number of aliphatic hydroxyl groups excluding tert-OH is 1. The zero-order chi connectivity index (χ0) is 15.5. The van der Waals surface area contributed by atoms with Gasteiger partial charge in [0, 0.05) is 19.3 Å². The predicted octanol–water partition coefficient (Wildman–Crippen LogP) is 1.28. The van der Waals surface area contributed by atoms with Crippen molar-refractivity contribution in [1.29, 1.82) is 0 Å². The van der Waals surface area contributed by atoms with Crippen LogP contribution in [0.4, 0.5) is 5.95 Å². The third-order valence-corrected chi connectivity index (χ3v) is 3.70. The molecule has 1 aliphatic rings. The Morgan fingerprint density at radius 2 is 2.05 bits per heavy atom. The van der Waals surface area contributed by atoms with Crippen LogP contribution in [-0.2, 0) is 0 Å². The van der Waals surface area contributed by atoms with E-state index in [-0.39, 0.29) is 12.5 Å².